The standard InChI is InChI=1S/C14H17NO4/c1-8(2)19-10-5-3-9(4-6-10)11-7-15-13(16)12(11)14(17)18/h3-6,8,11-12H,7H2,1-2H3,(H,15,16)(H,17,18)/t11-,12-/m0/s1. The molecule has 5 heteroatoms. The summed E-state index contributed by atoms with van der Waals surface area (Å²) >= 11 is 0. The number of hydrogen-bond donors (Lipinski definition) is 2. The maximum atomic E-state index is 11.5. The summed E-state index contributed by atoms with van der Waals surface area (Å²) in [4.78, 5) is 22.6. The van der Waals surface area contributed by atoms with Crippen LogP contribution in [0.15, 0.2) is 24.3 Å². The number of carboxylic acids is 1. The first-order valence-electron chi connectivity index (χ1n) is 6.26. The number of carbonyl (C=O) groups excluding carboxylic acids is 1. The maximum absolute atomic E-state index is 11.5. The molecule has 1 heterocycles. The van der Waals surface area contributed by atoms with Crippen molar-refractivity contribution in [2.75, 3.05) is 6.54 Å². The molecule has 0 bridgehead atoms. The molecule has 1 amide bonds. The molecule has 0 saturated carbocycles. The molecule has 5 nitrogen and oxygen atoms in total. The Bertz CT molecular complexity index is 481. The van der Waals surface area contributed by atoms with E-state index >= 15 is 0 Å². The molecule has 0 aromatic heterocycles. The van der Waals surface area contributed by atoms with Gasteiger partial charge in [-0.2, -0.15) is 0 Å². The van der Waals surface area contributed by atoms with E-state index in [1.165, 1.54) is 0 Å². The Morgan fingerprint density at radius 2 is 2.00 bits per heavy atom. The molecule has 1 aliphatic rings. The third kappa shape index (κ3) is 2.86. The van der Waals surface area contributed by atoms with E-state index < -0.39 is 17.8 Å². The van der Waals surface area contributed by atoms with Gasteiger partial charge in [0.05, 0.1) is 6.10 Å². The van der Waals surface area contributed by atoms with E-state index in [4.69, 9.17) is 9.84 Å². The van der Waals surface area contributed by atoms with Gasteiger partial charge in [-0.15, -0.1) is 0 Å². The predicted molar refractivity (Wildman–Crippen MR) is 69.1 cm³/mol. The van der Waals surface area contributed by atoms with Crippen molar-refractivity contribution < 1.29 is 19.4 Å². The first kappa shape index (κ1) is 13.4. The quantitative estimate of drug-likeness (QED) is 0.805. The Morgan fingerprint density at radius 3 is 2.53 bits per heavy atom. The summed E-state index contributed by atoms with van der Waals surface area (Å²) in [6.07, 6.45) is 0.0901. The van der Waals surface area contributed by atoms with Crippen LogP contribution >= 0.6 is 0 Å². The number of nitrogens with one attached hydrogen (secondary N) is 1. The van der Waals surface area contributed by atoms with Crippen LogP contribution < -0.4 is 10.1 Å². The third-order valence-electron chi connectivity index (χ3n) is 3.13. The van der Waals surface area contributed by atoms with Crippen LogP contribution in [0.5, 0.6) is 5.75 Å². The monoisotopic (exact) mass is 263 g/mol. The van der Waals surface area contributed by atoms with Gasteiger partial charge in [0.15, 0.2) is 0 Å². The molecule has 2 N–H and O–H groups in total. The number of aliphatic carboxylic acids is 1. The van der Waals surface area contributed by atoms with Gasteiger partial charge in [0.2, 0.25) is 5.91 Å². The summed E-state index contributed by atoms with van der Waals surface area (Å²) in [5, 5.41) is 11.7. The number of rotatable bonds is 4. The summed E-state index contributed by atoms with van der Waals surface area (Å²) in [5.74, 6) is -2.08. The summed E-state index contributed by atoms with van der Waals surface area (Å²) in [7, 11) is 0. The Morgan fingerprint density at radius 1 is 1.37 bits per heavy atom. The molecule has 102 valence electrons. The van der Waals surface area contributed by atoms with Gasteiger partial charge in [0.1, 0.15) is 11.7 Å². The zero-order valence-corrected chi connectivity index (χ0v) is 10.9. The van der Waals surface area contributed by atoms with Crippen LogP contribution in [0.4, 0.5) is 0 Å². The fourth-order valence-electron chi connectivity index (χ4n) is 2.28. The van der Waals surface area contributed by atoms with Crippen LogP contribution in [0, 0.1) is 5.92 Å². The SMILES string of the molecule is CC(C)Oc1ccc([C@@H]2CNC(=O)[C@H]2C(=O)O)cc1. The Labute approximate surface area is 111 Å². The van der Waals surface area contributed by atoms with Crippen LogP contribution in [-0.2, 0) is 9.59 Å². The maximum Gasteiger partial charge on any atom is 0.316 e. The Hall–Kier alpha value is -2.04. The molecule has 1 aromatic rings. The molecule has 0 unspecified atom stereocenters. The number of hydrogen-bond acceptors (Lipinski definition) is 3. The van der Waals surface area contributed by atoms with Crippen molar-refractivity contribution in [3.63, 3.8) is 0 Å². The van der Waals surface area contributed by atoms with E-state index in [9.17, 15) is 9.59 Å². The van der Waals surface area contributed by atoms with E-state index in [-0.39, 0.29) is 12.0 Å². The Balaban J connectivity index is 2.18. The second-order valence-corrected chi connectivity index (χ2v) is 4.90. The largest absolute Gasteiger partial charge is 0.491 e. The van der Waals surface area contributed by atoms with E-state index in [1.807, 2.05) is 26.0 Å². The van der Waals surface area contributed by atoms with Gasteiger partial charge in [-0.05, 0) is 31.5 Å². The molecule has 0 spiro atoms. The molecule has 1 fully saturated rings. The molecule has 19 heavy (non-hydrogen) atoms. The lowest BCUT2D eigenvalue weighted by Crippen LogP contribution is -2.26. The highest BCUT2D eigenvalue weighted by Gasteiger charge is 2.40. The summed E-state index contributed by atoms with van der Waals surface area (Å²) < 4.78 is 5.53. The minimum atomic E-state index is -1.08. The zero-order valence-electron chi connectivity index (χ0n) is 10.9. The molecule has 2 rings (SSSR count). The van der Waals surface area contributed by atoms with Crippen LogP contribution in [0.2, 0.25) is 0 Å². The van der Waals surface area contributed by atoms with Gasteiger partial charge >= 0.3 is 5.97 Å². The highest BCUT2D eigenvalue weighted by Crippen LogP contribution is 2.30. The number of benzene rings is 1. The molecule has 1 aliphatic heterocycles. The minimum Gasteiger partial charge on any atom is -0.491 e. The lowest BCUT2D eigenvalue weighted by molar-refractivity contribution is -0.145. The number of carbonyl (C=O) groups is 2. The van der Waals surface area contributed by atoms with E-state index in [0.29, 0.717) is 6.54 Å². The average molecular weight is 263 g/mol. The molecule has 1 aromatic carbocycles. The van der Waals surface area contributed by atoms with Gasteiger partial charge < -0.3 is 15.2 Å². The smallest absolute Gasteiger partial charge is 0.316 e. The van der Waals surface area contributed by atoms with Gasteiger partial charge in [0.25, 0.3) is 0 Å². The molecule has 2 atom stereocenters. The molecule has 0 radical (unpaired) electrons. The average Bonchev–Trinajstić information content (AvgIpc) is 2.71. The zero-order chi connectivity index (χ0) is 14.0. The van der Waals surface area contributed by atoms with Crippen molar-refractivity contribution in [2.45, 2.75) is 25.9 Å². The molecular weight excluding hydrogens is 246 g/mol. The number of carboxylic acid groups (broad SMARTS) is 1. The van der Waals surface area contributed by atoms with E-state index in [1.54, 1.807) is 12.1 Å². The summed E-state index contributed by atoms with van der Waals surface area (Å²) in [5.41, 5.74) is 0.835. The lowest BCUT2D eigenvalue weighted by Gasteiger charge is -2.15. The van der Waals surface area contributed by atoms with Crippen LogP contribution in [0.25, 0.3) is 0 Å². The Kier molecular flexibility index (Phi) is 3.74. The van der Waals surface area contributed by atoms with Crippen molar-refractivity contribution in [3.8, 4) is 5.75 Å². The van der Waals surface area contributed by atoms with E-state index in [0.717, 1.165) is 11.3 Å². The van der Waals surface area contributed by atoms with Crippen LogP contribution in [0.3, 0.4) is 0 Å². The highest BCUT2D eigenvalue weighted by molar-refractivity contribution is 5.99. The highest BCUT2D eigenvalue weighted by atomic mass is 16.5. The first-order chi connectivity index (χ1) is 8.99. The van der Waals surface area contributed by atoms with Crippen molar-refractivity contribution in [1.82, 2.24) is 5.32 Å². The molecule has 1 saturated heterocycles. The van der Waals surface area contributed by atoms with Gasteiger partial charge in [0, 0.05) is 12.5 Å². The first-order valence-corrected chi connectivity index (χ1v) is 6.26. The van der Waals surface area contributed by atoms with Gasteiger partial charge in [-0.1, -0.05) is 12.1 Å². The van der Waals surface area contributed by atoms with E-state index in [2.05, 4.69) is 5.32 Å². The van der Waals surface area contributed by atoms with Crippen LogP contribution in [0.1, 0.15) is 25.3 Å². The van der Waals surface area contributed by atoms with Crippen molar-refractivity contribution in [2.24, 2.45) is 5.92 Å². The van der Waals surface area contributed by atoms with Crippen molar-refractivity contribution >= 4 is 11.9 Å². The van der Waals surface area contributed by atoms with Gasteiger partial charge in [-0.3, -0.25) is 9.59 Å². The normalized spacial score (nSPS) is 22.4. The second-order valence-electron chi connectivity index (χ2n) is 4.90. The molecule has 0 aliphatic carbocycles. The third-order valence-corrected chi connectivity index (χ3v) is 3.13. The summed E-state index contributed by atoms with van der Waals surface area (Å²) in [6.45, 7) is 4.24. The lowest BCUT2D eigenvalue weighted by atomic mass is 9.88. The predicted octanol–water partition coefficient (Wildman–Crippen LogP) is 1.39. The van der Waals surface area contributed by atoms with Gasteiger partial charge in [-0.25, -0.2) is 0 Å². The second kappa shape index (κ2) is 5.30. The minimum absolute atomic E-state index is 0.0901. The van der Waals surface area contributed by atoms with Crippen molar-refractivity contribution in [1.29, 1.82) is 0 Å². The fraction of sp³-hybridized carbons (Fsp3) is 0.429. The molecular formula is C14H17NO4. The van der Waals surface area contributed by atoms with Crippen molar-refractivity contribution in [3.05, 3.63) is 29.8 Å². The topological polar surface area (TPSA) is 75.6 Å². The summed E-state index contributed by atoms with van der Waals surface area (Å²) in [6, 6.07) is 7.24. The number of amides is 1. The number of ether oxygens (including phenoxy) is 1. The fourth-order valence-corrected chi connectivity index (χ4v) is 2.28. The van der Waals surface area contributed by atoms with Crippen LogP contribution in [-0.4, -0.2) is 29.6 Å².